The van der Waals surface area contributed by atoms with Crippen LogP contribution in [0, 0.1) is 13.8 Å². The Hall–Kier alpha value is -2.54. The lowest BCUT2D eigenvalue weighted by Crippen LogP contribution is -3.12. The average Bonchev–Trinajstić information content (AvgIpc) is 3.09. The minimum absolute atomic E-state index is 0.0354. The Labute approximate surface area is 183 Å². The first-order chi connectivity index (χ1) is 14.8. The van der Waals surface area contributed by atoms with Crippen molar-refractivity contribution in [2.24, 2.45) is 0 Å². The van der Waals surface area contributed by atoms with Gasteiger partial charge in [0.1, 0.15) is 0 Å². The molecule has 1 saturated heterocycles. The molecule has 0 saturated carbocycles. The van der Waals surface area contributed by atoms with E-state index < -0.39 is 0 Å². The fourth-order valence-corrected chi connectivity index (χ4v) is 4.72. The fraction of sp³-hybridized carbons (Fsp3) is 0.583. The van der Waals surface area contributed by atoms with Crippen LogP contribution in [0.15, 0.2) is 23.0 Å². The van der Waals surface area contributed by atoms with Gasteiger partial charge in [-0.2, -0.15) is 0 Å². The topological polar surface area (TPSA) is 80.9 Å². The molecule has 2 N–H and O–H groups in total. The van der Waals surface area contributed by atoms with Gasteiger partial charge in [-0.1, -0.05) is 19.1 Å². The van der Waals surface area contributed by atoms with Crippen LogP contribution < -0.4 is 10.5 Å². The molecule has 3 aromatic rings. The molecule has 166 valence electrons. The van der Waals surface area contributed by atoms with Crippen LogP contribution in [0.5, 0.6) is 0 Å². The number of nitrogens with zero attached hydrogens (tertiary/aromatic N) is 4. The van der Waals surface area contributed by atoms with Gasteiger partial charge in [0, 0.05) is 0 Å². The number of aryl methyl sites for hydroxylation is 2. The van der Waals surface area contributed by atoms with E-state index >= 15 is 0 Å². The number of tetrazole rings is 1. The van der Waals surface area contributed by atoms with Crippen LogP contribution in [0.25, 0.3) is 10.9 Å². The molecular formula is C24H35N6O+. The summed E-state index contributed by atoms with van der Waals surface area (Å²) >= 11 is 0. The predicted molar refractivity (Wildman–Crippen MR) is 122 cm³/mol. The largest absolute Gasteiger partial charge is 0.322 e. The second kappa shape index (κ2) is 8.54. The molecule has 0 unspecified atom stereocenters. The molecule has 1 aliphatic heterocycles. The molecule has 7 nitrogen and oxygen atoms in total. The smallest absolute Gasteiger partial charge is 0.258 e. The van der Waals surface area contributed by atoms with Crippen LogP contribution in [0.1, 0.15) is 81.4 Å². The van der Waals surface area contributed by atoms with Crippen LogP contribution in [-0.4, -0.2) is 38.3 Å². The molecule has 1 atom stereocenters. The molecule has 31 heavy (non-hydrogen) atoms. The summed E-state index contributed by atoms with van der Waals surface area (Å²) in [6.07, 6.45) is 5.71. The highest BCUT2D eigenvalue weighted by Crippen LogP contribution is 2.26. The van der Waals surface area contributed by atoms with Gasteiger partial charge in [0.05, 0.1) is 29.7 Å². The van der Waals surface area contributed by atoms with Gasteiger partial charge in [0.2, 0.25) is 5.82 Å². The number of fused-ring (bicyclic) bond motifs is 1. The third-order valence-electron chi connectivity index (χ3n) is 7.24. The fourth-order valence-electron chi connectivity index (χ4n) is 4.72. The first-order valence-electron chi connectivity index (χ1n) is 11.6. The van der Waals surface area contributed by atoms with Gasteiger partial charge in [0.15, 0.2) is 6.04 Å². The third-order valence-corrected chi connectivity index (χ3v) is 7.24. The van der Waals surface area contributed by atoms with Crippen molar-refractivity contribution in [3.63, 3.8) is 0 Å². The monoisotopic (exact) mass is 423 g/mol. The van der Waals surface area contributed by atoms with Gasteiger partial charge in [-0.3, -0.25) is 4.79 Å². The minimum atomic E-state index is -0.223. The number of likely N-dealkylation sites (tertiary alicyclic amines) is 1. The van der Waals surface area contributed by atoms with Gasteiger partial charge in [0.25, 0.3) is 5.56 Å². The number of quaternary nitrogens is 1. The van der Waals surface area contributed by atoms with Crippen LogP contribution >= 0.6 is 0 Å². The average molecular weight is 424 g/mol. The Morgan fingerprint density at radius 1 is 1.16 bits per heavy atom. The highest BCUT2D eigenvalue weighted by Gasteiger charge is 2.37. The minimum Gasteiger partial charge on any atom is -0.322 e. The van der Waals surface area contributed by atoms with E-state index in [1.807, 2.05) is 4.68 Å². The Balaban J connectivity index is 1.92. The Morgan fingerprint density at radius 3 is 2.55 bits per heavy atom. The van der Waals surface area contributed by atoms with E-state index in [9.17, 15) is 4.79 Å². The second-order valence-corrected chi connectivity index (χ2v) is 9.65. The Bertz CT molecular complexity index is 1120. The number of aromatic amines is 1. The molecule has 0 aliphatic carbocycles. The summed E-state index contributed by atoms with van der Waals surface area (Å²) in [4.78, 5) is 18.0. The number of H-pyrrole nitrogens is 1. The van der Waals surface area contributed by atoms with E-state index in [4.69, 9.17) is 0 Å². The van der Waals surface area contributed by atoms with Crippen molar-refractivity contribution in [3.05, 3.63) is 51.1 Å². The lowest BCUT2D eigenvalue weighted by molar-refractivity contribution is -0.925. The first kappa shape index (κ1) is 21.7. The highest BCUT2D eigenvalue weighted by atomic mass is 16.1. The van der Waals surface area contributed by atoms with Gasteiger partial charge < -0.3 is 9.88 Å². The number of aromatic nitrogens is 5. The highest BCUT2D eigenvalue weighted by molar-refractivity contribution is 5.83. The van der Waals surface area contributed by atoms with Gasteiger partial charge >= 0.3 is 0 Å². The summed E-state index contributed by atoms with van der Waals surface area (Å²) in [6, 6.07) is 6.11. The quantitative estimate of drug-likeness (QED) is 0.661. The number of nitrogens with one attached hydrogen (secondary N) is 2. The van der Waals surface area contributed by atoms with E-state index in [1.165, 1.54) is 23.3 Å². The molecule has 1 fully saturated rings. The van der Waals surface area contributed by atoms with Crippen molar-refractivity contribution < 1.29 is 4.90 Å². The lowest BCUT2D eigenvalue weighted by Gasteiger charge is -2.30. The SMILES string of the molecule is CCC(C)(C)n1nnnc1[C@@H](c1cc2ccc(C)c(C)c2[nH]c1=O)[NH+]1CCCCCC1. The Kier molecular flexibility index (Phi) is 5.97. The standard InChI is InChI=1S/C24H34N6O/c1-6-24(4,5)30-22(26-27-28-30)21(29-13-9-7-8-10-14-29)19-15-18-12-11-16(2)17(3)20(18)25-23(19)31/h11-12,15,21H,6-10,13-14H2,1-5H3,(H,25,31)/p+1/t21-/m1/s1. The van der Waals surface area contributed by atoms with Crippen molar-refractivity contribution in [1.29, 1.82) is 0 Å². The Morgan fingerprint density at radius 2 is 1.87 bits per heavy atom. The van der Waals surface area contributed by atoms with Gasteiger partial charge in [-0.25, -0.2) is 4.68 Å². The zero-order valence-corrected chi connectivity index (χ0v) is 19.5. The first-order valence-corrected chi connectivity index (χ1v) is 11.6. The van der Waals surface area contributed by atoms with Crippen molar-refractivity contribution in [2.45, 2.75) is 78.3 Å². The lowest BCUT2D eigenvalue weighted by atomic mass is 9.98. The number of hydrogen-bond acceptors (Lipinski definition) is 4. The third kappa shape index (κ3) is 4.03. The summed E-state index contributed by atoms with van der Waals surface area (Å²) in [5.74, 6) is 0.789. The summed E-state index contributed by atoms with van der Waals surface area (Å²) in [6.45, 7) is 12.6. The molecule has 1 aromatic carbocycles. The van der Waals surface area contributed by atoms with E-state index in [0.29, 0.717) is 0 Å². The number of pyridine rings is 1. The van der Waals surface area contributed by atoms with Crippen molar-refractivity contribution in [1.82, 2.24) is 25.2 Å². The van der Waals surface area contributed by atoms with E-state index in [1.54, 1.807) is 0 Å². The number of hydrogen-bond donors (Lipinski definition) is 2. The van der Waals surface area contributed by atoms with Crippen molar-refractivity contribution >= 4 is 10.9 Å². The predicted octanol–water partition coefficient (Wildman–Crippen LogP) is 2.82. The maximum atomic E-state index is 13.4. The molecule has 4 rings (SSSR count). The van der Waals surface area contributed by atoms with Crippen LogP contribution in [0.2, 0.25) is 0 Å². The molecule has 1 aliphatic rings. The zero-order valence-electron chi connectivity index (χ0n) is 19.5. The summed E-state index contributed by atoms with van der Waals surface area (Å²) in [5, 5.41) is 14.0. The molecule has 0 radical (unpaired) electrons. The summed E-state index contributed by atoms with van der Waals surface area (Å²) < 4.78 is 1.94. The molecule has 0 spiro atoms. The summed E-state index contributed by atoms with van der Waals surface area (Å²) in [5.41, 5.74) is 3.73. The summed E-state index contributed by atoms with van der Waals surface area (Å²) in [7, 11) is 0. The molecule has 3 heterocycles. The maximum absolute atomic E-state index is 13.4. The van der Waals surface area contributed by atoms with Crippen LogP contribution in [-0.2, 0) is 5.54 Å². The molecule has 2 aromatic heterocycles. The number of rotatable bonds is 5. The van der Waals surface area contributed by atoms with Crippen LogP contribution in [0.4, 0.5) is 0 Å². The van der Waals surface area contributed by atoms with Crippen molar-refractivity contribution in [3.8, 4) is 0 Å². The number of benzene rings is 1. The van der Waals surface area contributed by atoms with Gasteiger partial charge in [-0.05, 0) is 92.8 Å². The van der Waals surface area contributed by atoms with E-state index in [0.717, 1.165) is 60.2 Å². The molecule has 7 heteroatoms. The molecule has 0 bridgehead atoms. The molecule has 0 amide bonds. The zero-order chi connectivity index (χ0) is 22.2. The second-order valence-electron chi connectivity index (χ2n) is 9.65. The molecular weight excluding hydrogens is 388 g/mol. The van der Waals surface area contributed by atoms with E-state index in [2.05, 4.69) is 73.3 Å². The normalized spacial score (nSPS) is 17.1. The van der Waals surface area contributed by atoms with E-state index in [-0.39, 0.29) is 17.1 Å². The van der Waals surface area contributed by atoms with Gasteiger partial charge in [-0.15, -0.1) is 5.10 Å². The maximum Gasteiger partial charge on any atom is 0.258 e. The van der Waals surface area contributed by atoms with Crippen LogP contribution in [0.3, 0.4) is 0 Å². The van der Waals surface area contributed by atoms with Crippen molar-refractivity contribution in [2.75, 3.05) is 13.1 Å².